The Morgan fingerprint density at radius 3 is 3.16 bits per heavy atom. The largest absolute Gasteiger partial charge is 0.321 e. The molecule has 1 saturated heterocycles. The number of fused-ring (bicyclic) bond motifs is 1. The Labute approximate surface area is 120 Å². The van der Waals surface area contributed by atoms with Crippen LogP contribution in [0.25, 0.3) is 10.2 Å². The summed E-state index contributed by atoms with van der Waals surface area (Å²) in [5.41, 5.74) is 2.61. The number of benzene rings is 1. The first-order valence-electron chi connectivity index (χ1n) is 6.18. The maximum absolute atomic E-state index is 12.4. The average Bonchev–Trinajstić information content (AvgIpc) is 3.02. The molecule has 6 heteroatoms. The molecular weight excluding hydrogens is 282 g/mol. The summed E-state index contributed by atoms with van der Waals surface area (Å²) in [5, 5.41) is 6.70. The summed E-state index contributed by atoms with van der Waals surface area (Å²) in [6.45, 7) is 2.79. The smallest absolute Gasteiger partial charge is 0.244 e. The summed E-state index contributed by atoms with van der Waals surface area (Å²) < 4.78 is 1.02. The summed E-state index contributed by atoms with van der Waals surface area (Å²) in [6, 6.07) is 3.71. The van der Waals surface area contributed by atoms with Crippen molar-refractivity contribution in [3.05, 3.63) is 22.7 Å². The lowest BCUT2D eigenvalue weighted by Gasteiger charge is -2.23. The van der Waals surface area contributed by atoms with Gasteiger partial charge in [-0.1, -0.05) is 11.6 Å². The molecule has 2 N–H and O–H groups in total. The third-order valence-electron chi connectivity index (χ3n) is 3.56. The number of thiazole rings is 1. The summed E-state index contributed by atoms with van der Waals surface area (Å²) in [4.78, 5) is 16.7. The van der Waals surface area contributed by atoms with Crippen molar-refractivity contribution in [2.75, 3.05) is 11.9 Å². The van der Waals surface area contributed by atoms with Crippen LogP contribution in [0.3, 0.4) is 0 Å². The van der Waals surface area contributed by atoms with Crippen LogP contribution in [0.5, 0.6) is 0 Å². The minimum atomic E-state index is -0.512. The molecule has 1 atom stereocenters. The van der Waals surface area contributed by atoms with Gasteiger partial charge in [-0.2, -0.15) is 0 Å². The normalized spacial score (nSPS) is 22.8. The molecule has 19 heavy (non-hydrogen) atoms. The van der Waals surface area contributed by atoms with E-state index in [1.165, 1.54) is 11.3 Å². The molecule has 2 heterocycles. The zero-order valence-electron chi connectivity index (χ0n) is 10.5. The van der Waals surface area contributed by atoms with Crippen LogP contribution >= 0.6 is 22.9 Å². The molecular formula is C13H14ClN3OS. The van der Waals surface area contributed by atoms with E-state index in [4.69, 9.17) is 11.6 Å². The number of carbonyl (C=O) groups excluding carboxylic acids is 1. The highest BCUT2D eigenvalue weighted by Crippen LogP contribution is 2.33. The van der Waals surface area contributed by atoms with E-state index in [0.29, 0.717) is 10.7 Å². The zero-order chi connectivity index (χ0) is 13.5. The highest BCUT2D eigenvalue weighted by atomic mass is 35.5. The number of hydrogen-bond acceptors (Lipinski definition) is 4. The van der Waals surface area contributed by atoms with Crippen molar-refractivity contribution >= 4 is 44.7 Å². The minimum absolute atomic E-state index is 0.0487. The first kappa shape index (κ1) is 12.8. The number of amides is 1. The van der Waals surface area contributed by atoms with Gasteiger partial charge in [0, 0.05) is 0 Å². The molecule has 0 saturated carbocycles. The third-order valence-corrected chi connectivity index (χ3v) is 4.67. The van der Waals surface area contributed by atoms with Gasteiger partial charge in [0.15, 0.2) is 0 Å². The van der Waals surface area contributed by atoms with E-state index in [9.17, 15) is 4.79 Å². The first-order valence-corrected chi connectivity index (χ1v) is 7.44. The monoisotopic (exact) mass is 295 g/mol. The van der Waals surface area contributed by atoms with Crippen molar-refractivity contribution < 1.29 is 4.79 Å². The Bertz CT molecular complexity index is 634. The van der Waals surface area contributed by atoms with Crippen molar-refractivity contribution in [1.82, 2.24) is 10.3 Å². The van der Waals surface area contributed by atoms with Gasteiger partial charge in [0.1, 0.15) is 5.52 Å². The van der Waals surface area contributed by atoms with Crippen molar-refractivity contribution in [3.63, 3.8) is 0 Å². The number of halogens is 1. The molecule has 100 valence electrons. The minimum Gasteiger partial charge on any atom is -0.321 e. The number of nitrogens with zero attached hydrogens (tertiary/aromatic N) is 1. The van der Waals surface area contributed by atoms with E-state index >= 15 is 0 Å². The highest BCUT2D eigenvalue weighted by Gasteiger charge is 2.36. The average molecular weight is 296 g/mol. The zero-order valence-corrected chi connectivity index (χ0v) is 12.1. The van der Waals surface area contributed by atoms with Crippen LogP contribution in [0.15, 0.2) is 17.6 Å². The summed E-state index contributed by atoms with van der Waals surface area (Å²) in [5.74, 6) is -0.0487. The number of nitrogens with one attached hydrogen (secondary N) is 2. The predicted molar refractivity (Wildman–Crippen MR) is 78.9 cm³/mol. The van der Waals surface area contributed by atoms with E-state index in [-0.39, 0.29) is 5.91 Å². The predicted octanol–water partition coefficient (Wildman–Crippen LogP) is 3.03. The topological polar surface area (TPSA) is 54.0 Å². The van der Waals surface area contributed by atoms with Gasteiger partial charge in [0.05, 0.1) is 26.5 Å². The van der Waals surface area contributed by atoms with Crippen molar-refractivity contribution in [1.29, 1.82) is 0 Å². The molecule has 2 aromatic rings. The molecule has 1 aromatic heterocycles. The standard InChI is InChI=1S/C13H14ClN3OS/c1-13(5-2-6-16-13)12(18)17-10-8(14)3-4-9-11(10)15-7-19-9/h3-4,7,16H,2,5-6H2,1H3,(H,17,18). The van der Waals surface area contributed by atoms with E-state index in [1.54, 1.807) is 11.6 Å². The van der Waals surface area contributed by atoms with E-state index in [2.05, 4.69) is 15.6 Å². The van der Waals surface area contributed by atoms with Gasteiger partial charge >= 0.3 is 0 Å². The number of carbonyl (C=O) groups is 1. The summed E-state index contributed by atoms with van der Waals surface area (Å²) >= 11 is 7.72. The van der Waals surface area contributed by atoms with Crippen molar-refractivity contribution in [2.24, 2.45) is 0 Å². The second-order valence-electron chi connectivity index (χ2n) is 4.94. The van der Waals surface area contributed by atoms with Crippen LogP contribution < -0.4 is 10.6 Å². The van der Waals surface area contributed by atoms with E-state index in [1.807, 2.05) is 13.0 Å². The summed E-state index contributed by atoms with van der Waals surface area (Å²) in [7, 11) is 0. The Hall–Kier alpha value is -1.17. The molecule has 3 rings (SSSR count). The second-order valence-corrected chi connectivity index (χ2v) is 6.23. The Morgan fingerprint density at radius 2 is 2.42 bits per heavy atom. The molecule has 4 nitrogen and oxygen atoms in total. The number of rotatable bonds is 2. The van der Waals surface area contributed by atoms with Gasteiger partial charge in [-0.3, -0.25) is 4.79 Å². The Morgan fingerprint density at radius 1 is 1.58 bits per heavy atom. The third kappa shape index (κ3) is 2.22. The highest BCUT2D eigenvalue weighted by molar-refractivity contribution is 7.16. The molecule has 1 fully saturated rings. The van der Waals surface area contributed by atoms with Crippen LogP contribution in [0, 0.1) is 0 Å². The quantitative estimate of drug-likeness (QED) is 0.895. The van der Waals surface area contributed by atoms with Crippen LogP contribution in [-0.2, 0) is 4.79 Å². The molecule has 1 aromatic carbocycles. The molecule has 0 aliphatic carbocycles. The number of anilines is 1. The SMILES string of the molecule is CC1(C(=O)Nc2c(Cl)ccc3scnc23)CCCN1. The lowest BCUT2D eigenvalue weighted by molar-refractivity contribution is -0.121. The van der Waals surface area contributed by atoms with Crippen LogP contribution in [-0.4, -0.2) is 23.0 Å². The first-order chi connectivity index (χ1) is 9.10. The Kier molecular flexibility index (Phi) is 3.20. The fourth-order valence-corrected chi connectivity index (χ4v) is 3.25. The van der Waals surface area contributed by atoms with Gasteiger partial charge in [-0.15, -0.1) is 11.3 Å². The molecule has 1 aliphatic heterocycles. The van der Waals surface area contributed by atoms with Gasteiger partial charge in [0.25, 0.3) is 0 Å². The fraction of sp³-hybridized carbons (Fsp3) is 0.385. The van der Waals surface area contributed by atoms with Gasteiger partial charge < -0.3 is 10.6 Å². The van der Waals surface area contributed by atoms with Crippen molar-refractivity contribution in [2.45, 2.75) is 25.3 Å². The molecule has 1 amide bonds. The van der Waals surface area contributed by atoms with Crippen LogP contribution in [0.4, 0.5) is 5.69 Å². The van der Waals surface area contributed by atoms with Crippen LogP contribution in [0.1, 0.15) is 19.8 Å². The fourth-order valence-electron chi connectivity index (χ4n) is 2.37. The maximum Gasteiger partial charge on any atom is 0.244 e. The van der Waals surface area contributed by atoms with E-state index < -0.39 is 5.54 Å². The van der Waals surface area contributed by atoms with Gasteiger partial charge in [0.2, 0.25) is 5.91 Å². The second kappa shape index (κ2) is 4.74. The lowest BCUT2D eigenvalue weighted by atomic mass is 9.99. The van der Waals surface area contributed by atoms with Crippen molar-refractivity contribution in [3.8, 4) is 0 Å². The van der Waals surface area contributed by atoms with Crippen LogP contribution in [0.2, 0.25) is 5.02 Å². The van der Waals surface area contributed by atoms with Gasteiger partial charge in [-0.25, -0.2) is 4.98 Å². The number of hydrogen-bond donors (Lipinski definition) is 2. The molecule has 0 spiro atoms. The molecule has 1 unspecified atom stereocenters. The maximum atomic E-state index is 12.4. The molecule has 0 radical (unpaired) electrons. The Balaban J connectivity index is 1.95. The van der Waals surface area contributed by atoms with Gasteiger partial charge in [-0.05, 0) is 38.4 Å². The molecule has 1 aliphatic rings. The molecule has 0 bridgehead atoms. The lowest BCUT2D eigenvalue weighted by Crippen LogP contribution is -2.48. The summed E-state index contributed by atoms with van der Waals surface area (Å²) in [6.07, 6.45) is 1.85. The number of aromatic nitrogens is 1. The van der Waals surface area contributed by atoms with E-state index in [0.717, 1.165) is 29.6 Å².